The summed E-state index contributed by atoms with van der Waals surface area (Å²) in [5, 5.41) is 0. The van der Waals surface area contributed by atoms with Crippen molar-refractivity contribution in [1.82, 2.24) is 9.38 Å². The highest BCUT2D eigenvalue weighted by Gasteiger charge is 2.11. The van der Waals surface area contributed by atoms with E-state index in [1.807, 2.05) is 78.9 Å². The van der Waals surface area contributed by atoms with Gasteiger partial charge in [0.2, 0.25) is 0 Å². The lowest BCUT2D eigenvalue weighted by molar-refractivity contribution is 0.240. The van der Waals surface area contributed by atoms with E-state index in [4.69, 9.17) is 14.2 Å². The third-order valence-corrected chi connectivity index (χ3v) is 6.16. The van der Waals surface area contributed by atoms with Gasteiger partial charge in [0.05, 0.1) is 35.9 Å². The number of aromatic nitrogens is 2. The van der Waals surface area contributed by atoms with Crippen LogP contribution in [0.25, 0.3) is 22.1 Å². The fraction of sp³-hybridized carbons (Fsp3) is 0.154. The molecule has 0 bridgehead atoms. The van der Waals surface area contributed by atoms with Crippen molar-refractivity contribution < 1.29 is 14.2 Å². The largest absolute Gasteiger partial charge is 0.493 e. The molecule has 0 radical (unpaired) electrons. The van der Waals surface area contributed by atoms with Crippen LogP contribution < -0.4 is 24.3 Å². The first-order chi connectivity index (χ1) is 16.2. The molecule has 0 spiro atoms. The van der Waals surface area contributed by atoms with Gasteiger partial charge >= 0.3 is 0 Å². The summed E-state index contributed by atoms with van der Waals surface area (Å²) >= 11 is 1.38. The average Bonchev–Trinajstić information content (AvgIpc) is 3.36. The lowest BCUT2D eigenvalue weighted by Gasteiger charge is -2.11. The first-order valence-electron chi connectivity index (χ1n) is 10.6. The van der Waals surface area contributed by atoms with Gasteiger partial charge in [-0.3, -0.25) is 4.79 Å². The van der Waals surface area contributed by atoms with Crippen molar-refractivity contribution in [1.29, 1.82) is 0 Å². The number of ether oxygens (including phenoxy) is 3. The van der Waals surface area contributed by atoms with Gasteiger partial charge in [-0.05, 0) is 48.0 Å². The highest BCUT2D eigenvalue weighted by atomic mass is 32.1. The fourth-order valence-corrected chi connectivity index (χ4v) is 4.59. The van der Waals surface area contributed by atoms with Crippen LogP contribution in [0.5, 0.6) is 17.2 Å². The summed E-state index contributed by atoms with van der Waals surface area (Å²) in [5.41, 5.74) is 2.44. The van der Waals surface area contributed by atoms with Crippen LogP contribution in [0.2, 0.25) is 0 Å². The summed E-state index contributed by atoms with van der Waals surface area (Å²) in [4.78, 5) is 18.2. The summed E-state index contributed by atoms with van der Waals surface area (Å²) in [7, 11) is 1.61. The number of nitrogens with zero attached hydrogens (tertiary/aromatic N) is 2. The normalized spacial score (nSPS) is 11.8. The minimum atomic E-state index is -0.0681. The number of hydrogen-bond acceptors (Lipinski definition) is 6. The molecule has 6 nitrogen and oxygen atoms in total. The van der Waals surface area contributed by atoms with Crippen LogP contribution in [0.1, 0.15) is 12.0 Å². The van der Waals surface area contributed by atoms with Crippen molar-refractivity contribution in [2.45, 2.75) is 6.42 Å². The van der Waals surface area contributed by atoms with Crippen LogP contribution in [0, 0.1) is 0 Å². The molecule has 0 N–H and O–H groups in total. The first-order valence-corrected chi connectivity index (χ1v) is 11.4. The van der Waals surface area contributed by atoms with Gasteiger partial charge in [0, 0.05) is 6.42 Å². The van der Waals surface area contributed by atoms with Gasteiger partial charge in [-0.15, -0.1) is 0 Å². The van der Waals surface area contributed by atoms with Gasteiger partial charge in [-0.25, -0.2) is 9.38 Å². The SMILES string of the molecule is COc1cc(/C=c2\sc3nc4ccccc4n3c2=O)ccc1OCCCOc1ccccc1. The maximum Gasteiger partial charge on any atom is 0.274 e. The lowest BCUT2D eigenvalue weighted by atomic mass is 10.2. The summed E-state index contributed by atoms with van der Waals surface area (Å²) in [5.74, 6) is 2.12. The third-order valence-electron chi connectivity index (χ3n) is 5.19. The van der Waals surface area contributed by atoms with Crippen LogP contribution in [-0.4, -0.2) is 29.7 Å². The van der Waals surface area contributed by atoms with Crippen LogP contribution >= 0.6 is 11.3 Å². The van der Waals surface area contributed by atoms with E-state index in [2.05, 4.69) is 4.98 Å². The molecule has 0 fully saturated rings. The molecule has 0 aliphatic rings. The van der Waals surface area contributed by atoms with Crippen molar-refractivity contribution in [2.24, 2.45) is 0 Å². The van der Waals surface area contributed by atoms with E-state index in [1.165, 1.54) is 11.3 Å². The fourth-order valence-electron chi connectivity index (χ4n) is 3.60. The number of methoxy groups -OCH3 is 1. The van der Waals surface area contributed by atoms with E-state index >= 15 is 0 Å². The number of benzene rings is 3. The Morgan fingerprint density at radius 2 is 1.73 bits per heavy atom. The number of thiazole rings is 1. The van der Waals surface area contributed by atoms with Gasteiger partial charge in [0.15, 0.2) is 16.5 Å². The van der Waals surface area contributed by atoms with Crippen molar-refractivity contribution in [3.63, 3.8) is 0 Å². The number of imidazole rings is 1. The second-order valence-electron chi connectivity index (χ2n) is 7.41. The van der Waals surface area contributed by atoms with E-state index in [0.29, 0.717) is 34.2 Å². The Kier molecular flexibility index (Phi) is 5.95. The van der Waals surface area contributed by atoms with E-state index in [9.17, 15) is 4.79 Å². The van der Waals surface area contributed by atoms with Crippen LogP contribution in [-0.2, 0) is 0 Å². The van der Waals surface area contributed by atoms with Crippen molar-refractivity contribution in [2.75, 3.05) is 20.3 Å². The minimum Gasteiger partial charge on any atom is -0.493 e. The van der Waals surface area contributed by atoms with Gasteiger partial charge in [-0.2, -0.15) is 0 Å². The van der Waals surface area contributed by atoms with Crippen LogP contribution in [0.15, 0.2) is 77.6 Å². The molecule has 3 aromatic carbocycles. The summed E-state index contributed by atoms with van der Waals surface area (Å²) in [6.45, 7) is 1.07. The van der Waals surface area contributed by atoms with E-state index in [1.54, 1.807) is 11.5 Å². The molecule has 5 aromatic rings. The Labute approximate surface area is 194 Å². The number of para-hydroxylation sites is 3. The Hall–Kier alpha value is -3.84. The molecule has 33 heavy (non-hydrogen) atoms. The number of rotatable bonds is 8. The predicted octanol–water partition coefficient (Wildman–Crippen LogP) is 4.31. The summed E-state index contributed by atoms with van der Waals surface area (Å²) in [6, 6.07) is 23.0. The Balaban J connectivity index is 1.30. The smallest absolute Gasteiger partial charge is 0.274 e. The number of fused-ring (bicyclic) bond motifs is 3. The molecule has 0 saturated heterocycles. The molecule has 0 unspecified atom stereocenters. The monoisotopic (exact) mass is 458 g/mol. The molecule has 2 heterocycles. The van der Waals surface area contributed by atoms with Gasteiger partial charge in [-0.1, -0.05) is 47.7 Å². The van der Waals surface area contributed by atoms with Gasteiger partial charge in [0.25, 0.3) is 5.56 Å². The van der Waals surface area contributed by atoms with E-state index < -0.39 is 0 Å². The molecule has 7 heteroatoms. The van der Waals surface area contributed by atoms with E-state index in [0.717, 1.165) is 28.8 Å². The quantitative estimate of drug-likeness (QED) is 0.324. The average molecular weight is 459 g/mol. The molecular formula is C26H22N2O4S. The highest BCUT2D eigenvalue weighted by molar-refractivity contribution is 7.15. The Bertz CT molecular complexity index is 1510. The van der Waals surface area contributed by atoms with Crippen molar-refractivity contribution >= 4 is 33.4 Å². The zero-order chi connectivity index (χ0) is 22.6. The maximum atomic E-state index is 13.0. The molecular weight excluding hydrogens is 436 g/mol. The van der Waals surface area contributed by atoms with Gasteiger partial charge < -0.3 is 14.2 Å². The van der Waals surface area contributed by atoms with Crippen molar-refractivity contribution in [3.8, 4) is 17.2 Å². The topological polar surface area (TPSA) is 62.1 Å². The lowest BCUT2D eigenvalue weighted by Crippen LogP contribution is -2.22. The van der Waals surface area contributed by atoms with Gasteiger partial charge in [0.1, 0.15) is 5.75 Å². The zero-order valence-corrected chi connectivity index (χ0v) is 18.9. The number of hydrogen-bond donors (Lipinski definition) is 0. The second-order valence-corrected chi connectivity index (χ2v) is 8.42. The molecule has 5 rings (SSSR count). The van der Waals surface area contributed by atoms with Crippen LogP contribution in [0.3, 0.4) is 0 Å². The third kappa shape index (κ3) is 4.40. The molecule has 0 aliphatic heterocycles. The second kappa shape index (κ2) is 9.34. The molecule has 166 valence electrons. The molecule has 0 saturated carbocycles. The molecule has 2 aromatic heterocycles. The Morgan fingerprint density at radius 3 is 2.58 bits per heavy atom. The van der Waals surface area contributed by atoms with Crippen molar-refractivity contribution in [3.05, 3.63) is 93.2 Å². The molecule has 0 atom stereocenters. The maximum absolute atomic E-state index is 13.0. The molecule has 0 aliphatic carbocycles. The Morgan fingerprint density at radius 1 is 0.939 bits per heavy atom. The van der Waals surface area contributed by atoms with E-state index in [-0.39, 0.29) is 5.56 Å². The first kappa shape index (κ1) is 21.0. The predicted molar refractivity (Wildman–Crippen MR) is 131 cm³/mol. The summed E-state index contributed by atoms with van der Waals surface area (Å²) in [6.07, 6.45) is 2.60. The molecule has 0 amide bonds. The zero-order valence-electron chi connectivity index (χ0n) is 18.1. The summed E-state index contributed by atoms with van der Waals surface area (Å²) < 4.78 is 19.4. The standard InChI is InChI=1S/C26H22N2O4S/c1-30-23-16-18(12-13-22(23)32-15-7-14-31-19-8-3-2-4-9-19)17-24-25(29)28-21-11-6-5-10-20(21)27-26(28)33-24/h2-6,8-13,16-17H,7,14-15H2,1H3/b24-17-. The van der Waals surface area contributed by atoms with Crippen LogP contribution in [0.4, 0.5) is 0 Å². The highest BCUT2D eigenvalue weighted by Crippen LogP contribution is 2.28. The minimum absolute atomic E-state index is 0.0681.